The highest BCUT2D eigenvalue weighted by molar-refractivity contribution is 5.98. The third-order valence-corrected chi connectivity index (χ3v) is 15.8. The van der Waals surface area contributed by atoms with Gasteiger partial charge in [0.05, 0.1) is 36.6 Å². The predicted molar refractivity (Wildman–Crippen MR) is 293 cm³/mol. The molecule has 16 nitrogen and oxygen atoms in total. The molecule has 5 aliphatic rings. The Labute approximate surface area is 446 Å². The minimum absolute atomic E-state index is 0.0361. The van der Waals surface area contributed by atoms with Gasteiger partial charge in [-0.05, 0) is 70.5 Å². The zero-order chi connectivity index (χ0) is 52.0. The topological polar surface area (TPSA) is 159 Å². The number of nitrogens with two attached hydrogens (primary N) is 1. The number of hydrogen-bond donors (Lipinski definition) is 1. The lowest BCUT2D eigenvalue weighted by atomic mass is 9.95. The van der Waals surface area contributed by atoms with Gasteiger partial charge in [-0.2, -0.15) is 0 Å². The number of piperazine rings is 1. The Kier molecular flexibility index (Phi) is 15.8. The average Bonchev–Trinajstić information content (AvgIpc) is 3.93. The number of benzene rings is 4. The molecule has 2 aromatic heterocycles. The summed E-state index contributed by atoms with van der Waals surface area (Å²) in [4.78, 5) is 60.5. The second-order valence-electron chi connectivity index (χ2n) is 21.4. The largest absolute Gasteiger partial charge is 0.488 e. The minimum atomic E-state index is -0.0361. The third-order valence-electron chi connectivity index (χ3n) is 15.8. The molecule has 0 unspecified atom stereocenters. The van der Waals surface area contributed by atoms with Gasteiger partial charge in [-0.15, -0.1) is 0 Å². The second kappa shape index (κ2) is 23.5. The van der Waals surface area contributed by atoms with Gasteiger partial charge < -0.3 is 39.5 Å². The first-order valence-electron chi connectivity index (χ1n) is 27.3. The van der Waals surface area contributed by atoms with Gasteiger partial charge in [-0.3, -0.25) is 19.4 Å². The molecule has 0 radical (unpaired) electrons. The van der Waals surface area contributed by atoms with Crippen molar-refractivity contribution in [2.45, 2.75) is 78.4 Å². The molecule has 76 heavy (non-hydrogen) atoms. The molecule has 7 heterocycles. The summed E-state index contributed by atoms with van der Waals surface area (Å²) in [5.41, 5.74) is 16.0. The van der Waals surface area contributed by atoms with Crippen molar-refractivity contribution in [1.29, 1.82) is 0 Å². The summed E-state index contributed by atoms with van der Waals surface area (Å²) in [5.74, 6) is 3.88. The Hall–Kier alpha value is -6.98. The van der Waals surface area contributed by atoms with E-state index in [4.69, 9.17) is 29.9 Å². The van der Waals surface area contributed by atoms with E-state index in [0.717, 1.165) is 136 Å². The van der Waals surface area contributed by atoms with E-state index in [1.165, 1.54) is 16.7 Å². The first-order chi connectivity index (χ1) is 37.1. The number of hydrogen-bond acceptors (Lipinski definition) is 14. The van der Waals surface area contributed by atoms with Crippen LogP contribution in [0.2, 0.25) is 0 Å². The van der Waals surface area contributed by atoms with Crippen molar-refractivity contribution in [2.24, 2.45) is 5.92 Å². The van der Waals surface area contributed by atoms with Crippen molar-refractivity contribution in [3.63, 3.8) is 0 Å². The lowest BCUT2D eigenvalue weighted by Gasteiger charge is -2.39. The zero-order valence-corrected chi connectivity index (χ0v) is 44.1. The molecule has 2 amide bonds. The van der Waals surface area contributed by atoms with Crippen LogP contribution in [-0.2, 0) is 55.3 Å². The van der Waals surface area contributed by atoms with Crippen molar-refractivity contribution in [2.75, 3.05) is 95.8 Å². The van der Waals surface area contributed by atoms with Gasteiger partial charge in [0, 0.05) is 116 Å². The van der Waals surface area contributed by atoms with Crippen molar-refractivity contribution in [3.05, 3.63) is 154 Å². The Morgan fingerprint density at radius 3 is 2.05 bits per heavy atom. The number of ether oxygens (including phenoxy) is 3. The number of anilines is 2. The monoisotopic (exact) mass is 1030 g/mol. The molecule has 5 aliphatic heterocycles. The van der Waals surface area contributed by atoms with Crippen LogP contribution in [0.5, 0.6) is 11.5 Å². The summed E-state index contributed by atoms with van der Waals surface area (Å²) in [6.07, 6.45) is 6.19. The van der Waals surface area contributed by atoms with Gasteiger partial charge in [0.1, 0.15) is 30.5 Å². The van der Waals surface area contributed by atoms with E-state index in [9.17, 15) is 9.59 Å². The van der Waals surface area contributed by atoms with Gasteiger partial charge in [0.15, 0.2) is 5.82 Å². The van der Waals surface area contributed by atoms with Gasteiger partial charge >= 0.3 is 0 Å². The minimum Gasteiger partial charge on any atom is -0.488 e. The molecule has 16 heteroatoms. The summed E-state index contributed by atoms with van der Waals surface area (Å²) in [6, 6.07) is 30.9. The van der Waals surface area contributed by atoms with Crippen LogP contribution in [0.1, 0.15) is 87.6 Å². The highest BCUT2D eigenvalue weighted by Crippen LogP contribution is 2.38. The summed E-state index contributed by atoms with van der Waals surface area (Å²) < 4.78 is 18.6. The van der Waals surface area contributed by atoms with Crippen LogP contribution in [0, 0.1) is 5.92 Å². The molecule has 4 aromatic carbocycles. The van der Waals surface area contributed by atoms with E-state index >= 15 is 0 Å². The van der Waals surface area contributed by atoms with Crippen molar-refractivity contribution in [1.82, 2.24) is 44.4 Å². The van der Waals surface area contributed by atoms with Crippen molar-refractivity contribution in [3.8, 4) is 22.9 Å². The van der Waals surface area contributed by atoms with Gasteiger partial charge in [0.2, 0.25) is 11.9 Å². The Morgan fingerprint density at radius 2 is 1.36 bits per heavy atom. The molecule has 6 aromatic rings. The lowest BCUT2D eigenvalue weighted by Crippen LogP contribution is -2.49. The molecular weight excluding hydrogens is 955 g/mol. The Balaban J connectivity index is 0.652. The molecule has 0 atom stereocenters. The Bertz CT molecular complexity index is 2960. The number of aromatic nitrogens is 4. The number of amides is 2. The molecule has 0 saturated carbocycles. The number of carbonyl (C=O) groups excluding carboxylic acids is 2. The van der Waals surface area contributed by atoms with Gasteiger partial charge in [0.25, 0.3) is 5.91 Å². The number of nitrogen functional groups attached to an aromatic ring is 1. The number of fused-ring (bicyclic) bond motifs is 2. The highest BCUT2D eigenvalue weighted by atomic mass is 16.5. The molecule has 3 saturated heterocycles. The number of carbonyl (C=O) groups is 2. The quantitative estimate of drug-likeness (QED) is 0.104. The third kappa shape index (κ3) is 12.2. The fourth-order valence-corrected chi connectivity index (χ4v) is 11.4. The summed E-state index contributed by atoms with van der Waals surface area (Å²) in [6.45, 7) is 18.5. The number of likely N-dealkylation sites (tertiary alicyclic amines) is 1. The van der Waals surface area contributed by atoms with Crippen LogP contribution in [-0.4, -0.2) is 141 Å². The first-order valence-corrected chi connectivity index (χ1v) is 27.3. The number of rotatable bonds is 16. The molecule has 396 valence electrons. The van der Waals surface area contributed by atoms with E-state index in [1.54, 1.807) is 12.4 Å². The van der Waals surface area contributed by atoms with Crippen LogP contribution in [0.4, 0.5) is 11.8 Å². The van der Waals surface area contributed by atoms with E-state index < -0.39 is 0 Å². The highest BCUT2D eigenvalue weighted by Gasteiger charge is 2.32. The van der Waals surface area contributed by atoms with Crippen LogP contribution in [0.25, 0.3) is 11.4 Å². The molecule has 11 rings (SSSR count). The predicted octanol–water partition coefficient (Wildman–Crippen LogP) is 7.20. The van der Waals surface area contributed by atoms with E-state index in [-0.39, 0.29) is 23.7 Å². The van der Waals surface area contributed by atoms with Crippen LogP contribution in [0.3, 0.4) is 0 Å². The number of piperidine rings is 1. The second-order valence-corrected chi connectivity index (χ2v) is 21.4. The molecule has 0 aliphatic carbocycles. The fraction of sp³-hybridized carbons (Fsp3) is 0.433. The van der Waals surface area contributed by atoms with Gasteiger partial charge in [-0.25, -0.2) is 19.9 Å². The first kappa shape index (κ1) is 51.1. The average molecular weight is 1030 g/mol. The van der Waals surface area contributed by atoms with E-state index in [2.05, 4.69) is 78.6 Å². The lowest BCUT2D eigenvalue weighted by molar-refractivity contribution is -0.134. The van der Waals surface area contributed by atoms with Crippen LogP contribution < -0.4 is 20.1 Å². The standard InChI is InChI=1S/C60H71N11O5/c1-42(2)51-30-52(55(76-41-45-11-7-4-8-12-45)31-54(51)75-40-44-9-5-3-6-10-44)59(73)71-36-47-14-13-46(29-48(47)37-71)35-67-23-21-66(22-24-67)34-43-15-19-69(20-16-43)56(72)39-68-18-17-50-53(38-68)64-57(49-32-62-60(61)63-33-49)65-58(50)70-25-27-74-28-26-70/h3-14,29-33,42-43H,15-28,34-41H2,1-2H3,(H2,61,62,63). The normalized spacial score (nSPS) is 17.7. The summed E-state index contributed by atoms with van der Waals surface area (Å²) in [7, 11) is 0. The maximum atomic E-state index is 14.6. The molecule has 2 N–H and O–H groups in total. The smallest absolute Gasteiger partial charge is 0.258 e. The molecular formula is C60H71N11O5. The maximum absolute atomic E-state index is 14.6. The van der Waals surface area contributed by atoms with Gasteiger partial charge in [-0.1, -0.05) is 92.7 Å². The van der Waals surface area contributed by atoms with E-state index in [1.807, 2.05) is 65.6 Å². The Morgan fingerprint density at radius 1 is 0.684 bits per heavy atom. The summed E-state index contributed by atoms with van der Waals surface area (Å²) >= 11 is 0. The van der Waals surface area contributed by atoms with Crippen LogP contribution in [0.15, 0.2) is 103 Å². The molecule has 0 bridgehead atoms. The van der Waals surface area contributed by atoms with Crippen molar-refractivity contribution < 1.29 is 23.8 Å². The van der Waals surface area contributed by atoms with E-state index in [0.29, 0.717) is 75.7 Å². The SMILES string of the molecule is CC(C)c1cc(C(=O)N2Cc3ccc(CN4CCN(CC5CCN(C(=O)CN6CCc7c(nc(-c8cnc(N)nc8)nc7N7CCOCC7)C6)CC5)CC4)cc3C2)c(OCc2ccccc2)cc1OCc1ccccc1. The number of nitrogens with zero attached hydrogens (tertiary/aromatic N) is 10. The molecule has 0 spiro atoms. The summed E-state index contributed by atoms with van der Waals surface area (Å²) in [5, 5.41) is 0. The fourth-order valence-electron chi connectivity index (χ4n) is 11.4. The van der Waals surface area contributed by atoms with Crippen molar-refractivity contribution >= 4 is 23.6 Å². The number of morpholine rings is 1. The zero-order valence-electron chi connectivity index (χ0n) is 44.1. The van der Waals surface area contributed by atoms with Crippen LogP contribution >= 0.6 is 0 Å². The maximum Gasteiger partial charge on any atom is 0.258 e. The molecule has 3 fully saturated rings.